The van der Waals surface area contributed by atoms with Gasteiger partial charge in [-0.2, -0.15) is 17.2 Å². The molecule has 0 bridgehead atoms. The summed E-state index contributed by atoms with van der Waals surface area (Å²) in [5.41, 5.74) is 2.43. The maximum Gasteiger partial charge on any atom is 0.387 e. The summed E-state index contributed by atoms with van der Waals surface area (Å²) in [7, 11) is -2.58. The Morgan fingerprint density at radius 3 is 2.52 bits per heavy atom. The molecule has 31 heavy (non-hydrogen) atoms. The van der Waals surface area contributed by atoms with Gasteiger partial charge >= 0.3 is 16.7 Å². The number of benzene rings is 2. The highest BCUT2D eigenvalue weighted by Crippen LogP contribution is 2.47. The lowest BCUT2D eigenvalue weighted by molar-refractivity contribution is -0.0498. The van der Waals surface area contributed by atoms with E-state index < -0.39 is 16.7 Å². The van der Waals surface area contributed by atoms with Crippen LogP contribution in [-0.4, -0.2) is 33.6 Å². The third-order valence-corrected chi connectivity index (χ3v) is 9.37. The fraction of sp³-hybridized carbons (Fsp3) is 0.333. The standard InChI is InChI=1S/C21H20F2O5S3/c1-26-19-12-15(20-29-8-9-30-20)4-7-18(19)28-31(24,25)17-6-3-13-10-16(27-21(22)23)5-2-14(13)11-17/h2,4-5,7,10-12,20-21H,3,6,8-9H2,1H3. The first-order valence-corrected chi connectivity index (χ1v) is 13.0. The van der Waals surface area contributed by atoms with Gasteiger partial charge in [-0.05, 0) is 59.9 Å². The zero-order chi connectivity index (χ0) is 22.0. The first-order chi connectivity index (χ1) is 14.9. The summed E-state index contributed by atoms with van der Waals surface area (Å²) in [6, 6.07) is 9.75. The smallest absolute Gasteiger partial charge is 0.387 e. The molecule has 0 atom stereocenters. The fourth-order valence-corrected chi connectivity index (χ4v) is 7.38. The molecule has 1 saturated heterocycles. The highest BCUT2D eigenvalue weighted by atomic mass is 32.2. The van der Waals surface area contributed by atoms with E-state index >= 15 is 0 Å². The minimum absolute atomic E-state index is 0.0492. The molecule has 1 heterocycles. The Hall–Kier alpha value is -1.91. The summed E-state index contributed by atoms with van der Waals surface area (Å²) in [5, 5.41) is 0. The number of fused-ring (bicyclic) bond motifs is 1. The quantitative estimate of drug-likeness (QED) is 0.481. The summed E-state index contributed by atoms with van der Waals surface area (Å²) in [4.78, 5) is 0.121. The number of methoxy groups -OCH3 is 1. The molecular formula is C21H20F2O5S3. The van der Waals surface area contributed by atoms with E-state index in [0.29, 0.717) is 22.3 Å². The number of hydrogen-bond acceptors (Lipinski definition) is 7. The normalized spacial score (nSPS) is 16.7. The lowest BCUT2D eigenvalue weighted by Crippen LogP contribution is -2.15. The molecule has 2 aliphatic rings. The van der Waals surface area contributed by atoms with E-state index in [1.165, 1.54) is 25.3 Å². The lowest BCUT2D eigenvalue weighted by atomic mass is 9.97. The van der Waals surface area contributed by atoms with Crippen molar-refractivity contribution < 1.29 is 30.9 Å². The predicted molar refractivity (Wildman–Crippen MR) is 120 cm³/mol. The third kappa shape index (κ3) is 5.12. The van der Waals surface area contributed by atoms with Gasteiger partial charge < -0.3 is 13.7 Å². The highest BCUT2D eigenvalue weighted by molar-refractivity contribution is 8.19. The Bertz CT molecular complexity index is 1100. The van der Waals surface area contributed by atoms with E-state index in [9.17, 15) is 17.2 Å². The van der Waals surface area contributed by atoms with E-state index in [-0.39, 0.29) is 22.8 Å². The minimum Gasteiger partial charge on any atom is -0.493 e. The molecule has 0 N–H and O–H groups in total. The van der Waals surface area contributed by atoms with Crippen LogP contribution >= 0.6 is 23.5 Å². The molecule has 0 radical (unpaired) electrons. The maximum absolute atomic E-state index is 12.9. The van der Waals surface area contributed by atoms with Crippen LogP contribution in [0.5, 0.6) is 17.2 Å². The topological polar surface area (TPSA) is 61.8 Å². The monoisotopic (exact) mass is 486 g/mol. The number of rotatable bonds is 7. The van der Waals surface area contributed by atoms with Crippen LogP contribution in [0.4, 0.5) is 8.78 Å². The van der Waals surface area contributed by atoms with Gasteiger partial charge in [0.25, 0.3) is 0 Å². The molecule has 0 unspecified atom stereocenters. The predicted octanol–water partition coefficient (Wildman–Crippen LogP) is 5.47. The van der Waals surface area contributed by atoms with Crippen LogP contribution in [0.15, 0.2) is 41.3 Å². The Kier molecular flexibility index (Phi) is 6.68. The first kappa shape index (κ1) is 22.3. The lowest BCUT2D eigenvalue weighted by Gasteiger charge is -2.19. The van der Waals surface area contributed by atoms with E-state index in [0.717, 1.165) is 22.6 Å². The average Bonchev–Trinajstić information content (AvgIpc) is 3.28. The molecule has 2 aromatic carbocycles. The van der Waals surface area contributed by atoms with Crippen molar-refractivity contribution in [3.63, 3.8) is 0 Å². The summed E-state index contributed by atoms with van der Waals surface area (Å²) in [5.74, 6) is 2.70. The average molecular weight is 487 g/mol. The maximum atomic E-state index is 12.9. The van der Waals surface area contributed by atoms with Gasteiger partial charge in [0, 0.05) is 11.5 Å². The number of alkyl halides is 2. The van der Waals surface area contributed by atoms with Crippen molar-refractivity contribution >= 4 is 39.7 Å². The second-order valence-corrected chi connectivity index (χ2v) is 11.2. The fourth-order valence-electron chi connectivity index (χ4n) is 3.44. The molecule has 2 aromatic rings. The molecule has 0 aromatic heterocycles. The molecule has 0 spiro atoms. The van der Waals surface area contributed by atoms with Crippen molar-refractivity contribution in [2.45, 2.75) is 24.0 Å². The second kappa shape index (κ2) is 9.30. The van der Waals surface area contributed by atoms with Gasteiger partial charge in [-0.15, -0.1) is 23.5 Å². The van der Waals surface area contributed by atoms with Gasteiger partial charge in [0.2, 0.25) is 0 Å². The number of thioether (sulfide) groups is 2. The molecule has 10 heteroatoms. The Balaban J connectivity index is 1.56. The number of hydrogen-bond donors (Lipinski definition) is 0. The first-order valence-electron chi connectivity index (χ1n) is 9.49. The van der Waals surface area contributed by atoms with Gasteiger partial charge in [0.15, 0.2) is 11.5 Å². The zero-order valence-corrected chi connectivity index (χ0v) is 19.0. The van der Waals surface area contributed by atoms with E-state index in [4.69, 9.17) is 8.92 Å². The molecule has 1 aliphatic carbocycles. The molecule has 0 amide bonds. The van der Waals surface area contributed by atoms with Gasteiger partial charge in [-0.1, -0.05) is 12.1 Å². The number of aryl methyl sites for hydroxylation is 1. The van der Waals surface area contributed by atoms with E-state index in [2.05, 4.69) is 4.74 Å². The van der Waals surface area contributed by atoms with Crippen LogP contribution in [0.25, 0.3) is 6.08 Å². The van der Waals surface area contributed by atoms with Crippen LogP contribution < -0.4 is 13.7 Å². The van der Waals surface area contributed by atoms with E-state index in [1.54, 1.807) is 12.1 Å². The molecule has 4 rings (SSSR count). The van der Waals surface area contributed by atoms with Crippen LogP contribution in [0, 0.1) is 0 Å². The summed E-state index contributed by atoms with van der Waals surface area (Å²) in [6.07, 6.45) is 2.08. The minimum atomic E-state index is -4.05. The molecule has 1 aliphatic heterocycles. The van der Waals surface area contributed by atoms with Crippen molar-refractivity contribution in [3.8, 4) is 17.2 Å². The van der Waals surface area contributed by atoms with Crippen molar-refractivity contribution in [2.24, 2.45) is 0 Å². The van der Waals surface area contributed by atoms with Crippen LogP contribution in [0.3, 0.4) is 0 Å². The summed E-state index contributed by atoms with van der Waals surface area (Å²) in [6.45, 7) is -2.91. The molecule has 1 fully saturated rings. The van der Waals surface area contributed by atoms with Crippen molar-refractivity contribution in [3.05, 3.63) is 58.0 Å². The van der Waals surface area contributed by atoms with Crippen LogP contribution in [0.1, 0.15) is 27.7 Å². The summed E-state index contributed by atoms with van der Waals surface area (Å²) < 4.78 is 66.1. The Labute approximate surface area is 188 Å². The van der Waals surface area contributed by atoms with Gasteiger partial charge in [0.1, 0.15) is 5.75 Å². The van der Waals surface area contributed by atoms with Gasteiger partial charge in [-0.3, -0.25) is 0 Å². The van der Waals surface area contributed by atoms with Crippen LogP contribution in [0.2, 0.25) is 0 Å². The third-order valence-electron chi connectivity index (χ3n) is 4.90. The molecule has 5 nitrogen and oxygen atoms in total. The molecule has 0 saturated carbocycles. The van der Waals surface area contributed by atoms with Crippen molar-refractivity contribution in [1.82, 2.24) is 0 Å². The highest BCUT2D eigenvalue weighted by Gasteiger charge is 2.26. The van der Waals surface area contributed by atoms with Crippen LogP contribution in [-0.2, 0) is 16.5 Å². The zero-order valence-electron chi connectivity index (χ0n) is 16.5. The number of allylic oxidation sites excluding steroid dienone is 1. The Morgan fingerprint density at radius 1 is 1.03 bits per heavy atom. The summed E-state index contributed by atoms with van der Waals surface area (Å²) >= 11 is 3.69. The SMILES string of the molecule is COc1cc(C2SCCS2)ccc1OS(=O)(=O)C1=Cc2ccc(OC(F)F)cc2CC1. The number of halogens is 2. The van der Waals surface area contributed by atoms with Gasteiger partial charge in [0.05, 0.1) is 16.6 Å². The van der Waals surface area contributed by atoms with Crippen molar-refractivity contribution in [1.29, 1.82) is 0 Å². The Morgan fingerprint density at radius 2 is 1.81 bits per heavy atom. The van der Waals surface area contributed by atoms with Gasteiger partial charge in [-0.25, -0.2) is 0 Å². The molecular weight excluding hydrogens is 466 g/mol. The molecule has 166 valence electrons. The second-order valence-electron chi connectivity index (χ2n) is 6.87. The van der Waals surface area contributed by atoms with E-state index in [1.807, 2.05) is 35.7 Å². The largest absolute Gasteiger partial charge is 0.493 e. The van der Waals surface area contributed by atoms with Crippen molar-refractivity contribution in [2.75, 3.05) is 18.6 Å². The number of ether oxygens (including phenoxy) is 2.